The van der Waals surface area contributed by atoms with Gasteiger partial charge in [0.1, 0.15) is 17.3 Å². The zero-order valence-electron chi connectivity index (χ0n) is 21.0. The summed E-state index contributed by atoms with van der Waals surface area (Å²) in [4.78, 5) is 28.4. The van der Waals surface area contributed by atoms with Gasteiger partial charge >= 0.3 is 0 Å². The second-order valence-corrected chi connectivity index (χ2v) is 9.29. The second-order valence-electron chi connectivity index (χ2n) is 8.45. The Bertz CT molecular complexity index is 1470. The number of carbonyl (C=O) groups is 2. The van der Waals surface area contributed by atoms with Crippen molar-refractivity contribution in [1.82, 2.24) is 0 Å². The highest BCUT2D eigenvalue weighted by atomic mass is 35.5. The van der Waals surface area contributed by atoms with Crippen LogP contribution in [0.5, 0.6) is 23.0 Å². The number of nitrogens with zero attached hydrogens (tertiary/aromatic N) is 1. The first kappa shape index (κ1) is 27.2. The normalized spacial score (nSPS) is 16.6. The number of aliphatic hydroxyl groups excluding tert-OH is 1. The summed E-state index contributed by atoms with van der Waals surface area (Å²) in [6, 6.07) is 11.2. The molecule has 1 fully saturated rings. The van der Waals surface area contributed by atoms with E-state index < -0.39 is 23.5 Å². The van der Waals surface area contributed by atoms with E-state index in [1.807, 2.05) is 0 Å². The van der Waals surface area contributed by atoms with Gasteiger partial charge in [-0.1, -0.05) is 29.3 Å². The largest absolute Gasteiger partial charge is 0.507 e. The van der Waals surface area contributed by atoms with Crippen molar-refractivity contribution in [2.24, 2.45) is 0 Å². The molecule has 0 aliphatic carbocycles. The third-order valence-corrected chi connectivity index (χ3v) is 6.72. The molecule has 0 radical (unpaired) electrons. The molecule has 1 aliphatic rings. The highest BCUT2D eigenvalue weighted by Gasteiger charge is 2.48. The van der Waals surface area contributed by atoms with Crippen molar-refractivity contribution in [1.29, 1.82) is 0 Å². The molecular weight excluding hydrogens is 533 g/mol. The van der Waals surface area contributed by atoms with Crippen molar-refractivity contribution >= 4 is 46.3 Å². The number of ether oxygens (including phenoxy) is 3. The molecule has 3 aromatic carbocycles. The van der Waals surface area contributed by atoms with Crippen molar-refractivity contribution in [2.75, 3.05) is 25.7 Å². The molecule has 2 N–H and O–H groups in total. The average molecular weight is 558 g/mol. The van der Waals surface area contributed by atoms with Crippen LogP contribution >= 0.6 is 23.2 Å². The molecule has 0 aromatic heterocycles. The first-order valence-electron chi connectivity index (χ1n) is 11.6. The molecule has 1 saturated heterocycles. The smallest absolute Gasteiger partial charge is 0.300 e. The van der Waals surface area contributed by atoms with E-state index in [2.05, 4.69) is 0 Å². The number of benzene rings is 3. The number of carbonyl (C=O) groups excluding carboxylic acids is 2. The van der Waals surface area contributed by atoms with Gasteiger partial charge in [0.15, 0.2) is 11.5 Å². The molecule has 38 heavy (non-hydrogen) atoms. The van der Waals surface area contributed by atoms with Crippen LogP contribution in [0.1, 0.15) is 29.7 Å². The van der Waals surface area contributed by atoms with E-state index >= 15 is 0 Å². The summed E-state index contributed by atoms with van der Waals surface area (Å²) >= 11 is 12.4. The van der Waals surface area contributed by atoms with Crippen LogP contribution in [0.2, 0.25) is 10.0 Å². The molecule has 0 bridgehead atoms. The SMILES string of the molecule is CCOc1cc(C2/C(=C(\O)c3cc(OC)c(Cl)cc3OC)C(=O)C(=O)N2c2ccc(Cl)cc2C)ccc1O. The zero-order valence-corrected chi connectivity index (χ0v) is 22.6. The summed E-state index contributed by atoms with van der Waals surface area (Å²) in [5.74, 6) is -1.80. The number of ketones is 1. The predicted molar refractivity (Wildman–Crippen MR) is 145 cm³/mol. The first-order chi connectivity index (χ1) is 18.1. The molecule has 3 aromatic rings. The van der Waals surface area contributed by atoms with E-state index in [9.17, 15) is 19.8 Å². The maximum absolute atomic E-state index is 13.6. The van der Waals surface area contributed by atoms with Crippen LogP contribution in [-0.4, -0.2) is 42.7 Å². The molecular formula is C28H25Cl2NO7. The van der Waals surface area contributed by atoms with Crippen molar-refractivity contribution in [3.05, 3.63) is 80.8 Å². The molecule has 1 unspecified atom stereocenters. The minimum absolute atomic E-state index is 0.105. The Morgan fingerprint density at radius 3 is 2.32 bits per heavy atom. The third-order valence-electron chi connectivity index (χ3n) is 6.19. The summed E-state index contributed by atoms with van der Waals surface area (Å²) in [5.41, 5.74) is 1.39. The second kappa shape index (κ2) is 10.8. The molecule has 4 rings (SSSR count). The summed E-state index contributed by atoms with van der Waals surface area (Å²) in [7, 11) is 2.79. The van der Waals surface area contributed by atoms with Gasteiger partial charge < -0.3 is 24.4 Å². The minimum Gasteiger partial charge on any atom is -0.507 e. The zero-order chi connectivity index (χ0) is 27.7. The van der Waals surface area contributed by atoms with Crippen LogP contribution in [0.25, 0.3) is 5.76 Å². The number of amides is 1. The molecule has 0 saturated carbocycles. The monoisotopic (exact) mass is 557 g/mol. The lowest BCUT2D eigenvalue weighted by Crippen LogP contribution is -2.30. The van der Waals surface area contributed by atoms with E-state index in [1.165, 1.54) is 43.4 Å². The highest BCUT2D eigenvalue weighted by molar-refractivity contribution is 6.52. The standard InChI is InChI=1S/C28H25Cl2NO7/c1-5-38-23-11-15(6-9-20(23)32)25-24(26(33)17-12-22(37-4)18(30)13-21(17)36-3)27(34)28(35)31(25)19-8-7-16(29)10-14(19)2/h6-13,25,32-33H,5H2,1-4H3/b26-24+. The van der Waals surface area contributed by atoms with Crippen LogP contribution in [0.4, 0.5) is 5.69 Å². The maximum atomic E-state index is 13.6. The van der Waals surface area contributed by atoms with Gasteiger partial charge in [-0.3, -0.25) is 14.5 Å². The Morgan fingerprint density at radius 1 is 0.974 bits per heavy atom. The van der Waals surface area contributed by atoms with Gasteiger partial charge in [-0.05, 0) is 61.4 Å². The van der Waals surface area contributed by atoms with Crippen LogP contribution in [0.3, 0.4) is 0 Å². The summed E-state index contributed by atoms with van der Waals surface area (Å²) in [5, 5.41) is 22.5. The van der Waals surface area contributed by atoms with Crippen molar-refractivity contribution in [2.45, 2.75) is 19.9 Å². The Morgan fingerprint density at radius 2 is 1.68 bits per heavy atom. The van der Waals surface area contributed by atoms with E-state index in [-0.39, 0.29) is 45.8 Å². The van der Waals surface area contributed by atoms with E-state index in [4.69, 9.17) is 37.4 Å². The van der Waals surface area contributed by atoms with Crippen LogP contribution in [-0.2, 0) is 9.59 Å². The van der Waals surface area contributed by atoms with Crippen molar-refractivity contribution < 1.29 is 34.0 Å². The number of phenolic OH excluding ortho intramolecular Hbond substituents is 1. The Balaban J connectivity index is 2.04. The number of anilines is 1. The number of Topliss-reactive ketones (excluding diaryl/α,β-unsaturated/α-hetero) is 1. The third kappa shape index (κ3) is 4.73. The molecule has 198 valence electrons. The molecule has 1 aliphatic heterocycles. The maximum Gasteiger partial charge on any atom is 0.300 e. The average Bonchev–Trinajstić information content (AvgIpc) is 3.15. The topological polar surface area (TPSA) is 106 Å². The highest BCUT2D eigenvalue weighted by Crippen LogP contribution is 2.46. The Kier molecular flexibility index (Phi) is 7.76. The van der Waals surface area contributed by atoms with Gasteiger partial charge in [-0.25, -0.2) is 0 Å². The van der Waals surface area contributed by atoms with Gasteiger partial charge in [0.05, 0.1) is 43.0 Å². The number of aromatic hydroxyl groups is 1. The molecule has 0 spiro atoms. The van der Waals surface area contributed by atoms with E-state index in [1.54, 1.807) is 38.1 Å². The minimum atomic E-state index is -1.08. The van der Waals surface area contributed by atoms with E-state index in [0.717, 1.165) is 0 Å². The first-order valence-corrected chi connectivity index (χ1v) is 12.3. The molecule has 1 heterocycles. The number of aliphatic hydroxyl groups is 1. The number of halogens is 2. The van der Waals surface area contributed by atoms with Crippen LogP contribution < -0.4 is 19.1 Å². The molecule has 10 heteroatoms. The number of hydrogen-bond donors (Lipinski definition) is 2. The number of hydrogen-bond acceptors (Lipinski definition) is 7. The molecule has 8 nitrogen and oxygen atoms in total. The fraction of sp³-hybridized carbons (Fsp3) is 0.214. The quantitative estimate of drug-likeness (QED) is 0.207. The lowest BCUT2D eigenvalue weighted by atomic mass is 9.94. The Labute approximate surface area is 229 Å². The Hall–Kier alpha value is -3.88. The molecule has 1 atom stereocenters. The summed E-state index contributed by atoms with van der Waals surface area (Å²) < 4.78 is 16.2. The van der Waals surface area contributed by atoms with Crippen molar-refractivity contribution in [3.63, 3.8) is 0 Å². The van der Waals surface area contributed by atoms with Crippen molar-refractivity contribution in [3.8, 4) is 23.0 Å². The van der Waals surface area contributed by atoms with Crippen LogP contribution in [0.15, 0.2) is 54.1 Å². The van der Waals surface area contributed by atoms with Crippen LogP contribution in [0, 0.1) is 6.92 Å². The lowest BCUT2D eigenvalue weighted by molar-refractivity contribution is -0.132. The van der Waals surface area contributed by atoms with Gasteiger partial charge in [0.25, 0.3) is 11.7 Å². The fourth-order valence-corrected chi connectivity index (χ4v) is 4.91. The fourth-order valence-electron chi connectivity index (χ4n) is 4.45. The molecule has 1 amide bonds. The van der Waals surface area contributed by atoms with Gasteiger partial charge in [0.2, 0.25) is 0 Å². The number of rotatable bonds is 7. The van der Waals surface area contributed by atoms with Gasteiger partial charge in [-0.15, -0.1) is 0 Å². The van der Waals surface area contributed by atoms with Gasteiger partial charge in [0, 0.05) is 16.8 Å². The number of phenols is 1. The summed E-state index contributed by atoms with van der Waals surface area (Å²) in [6.07, 6.45) is 0. The van der Waals surface area contributed by atoms with Gasteiger partial charge in [-0.2, -0.15) is 0 Å². The van der Waals surface area contributed by atoms with E-state index in [0.29, 0.717) is 21.8 Å². The number of methoxy groups -OCH3 is 2. The lowest BCUT2D eigenvalue weighted by Gasteiger charge is -2.27. The number of aryl methyl sites for hydroxylation is 1. The predicted octanol–water partition coefficient (Wildman–Crippen LogP) is 6.05. The summed E-state index contributed by atoms with van der Waals surface area (Å²) in [6.45, 7) is 3.79.